The molecule has 0 radical (unpaired) electrons. The van der Waals surface area contributed by atoms with Crippen molar-refractivity contribution in [2.24, 2.45) is 0 Å². The van der Waals surface area contributed by atoms with Crippen molar-refractivity contribution in [3.8, 4) is 0 Å². The Kier molecular flexibility index (Phi) is 4.88. The highest BCUT2D eigenvalue weighted by Crippen LogP contribution is 2.30. The molecule has 2 rings (SSSR count). The molecule has 1 saturated heterocycles. The van der Waals surface area contributed by atoms with Gasteiger partial charge in [0.15, 0.2) is 6.23 Å². The smallest absolute Gasteiger partial charge is 0.330 e. The molecule has 0 aliphatic carbocycles. The highest BCUT2D eigenvalue weighted by atomic mass is 19.1. The van der Waals surface area contributed by atoms with Gasteiger partial charge < -0.3 is 19.7 Å². The Bertz CT molecular complexity index is 600. The second-order valence-corrected chi connectivity index (χ2v) is 4.74. The largest absolute Gasteiger partial charge is 0.394 e. The van der Waals surface area contributed by atoms with Gasteiger partial charge >= 0.3 is 5.69 Å². The molecule has 21 heavy (non-hydrogen) atoms. The maximum atomic E-state index is 12.3. The molecular weight excluding hydrogens is 287 g/mol. The summed E-state index contributed by atoms with van der Waals surface area (Å²) in [6.07, 6.45) is -3.00. The van der Waals surface area contributed by atoms with Crippen molar-refractivity contribution in [3.63, 3.8) is 0 Å². The van der Waals surface area contributed by atoms with Gasteiger partial charge in [-0.2, -0.15) is 0 Å². The lowest BCUT2D eigenvalue weighted by Gasteiger charge is -2.22. The molecule has 0 bridgehead atoms. The number of aliphatic hydroxyl groups is 2. The SMILES string of the molecule is Cc1cn(C2OC(CO)C(O)C2OCCF)c(=O)[nH]c1=O. The third-order valence-electron chi connectivity index (χ3n) is 3.30. The third-order valence-corrected chi connectivity index (χ3v) is 3.30. The van der Waals surface area contributed by atoms with Gasteiger partial charge in [0, 0.05) is 11.8 Å². The lowest BCUT2D eigenvalue weighted by Crippen LogP contribution is -2.40. The van der Waals surface area contributed by atoms with E-state index in [1.807, 2.05) is 0 Å². The van der Waals surface area contributed by atoms with Crippen molar-refractivity contribution in [2.75, 3.05) is 19.9 Å². The first-order valence-corrected chi connectivity index (χ1v) is 6.43. The molecule has 0 saturated carbocycles. The second kappa shape index (κ2) is 6.48. The van der Waals surface area contributed by atoms with E-state index in [0.29, 0.717) is 0 Å². The molecule has 1 aromatic rings. The summed E-state index contributed by atoms with van der Waals surface area (Å²) < 4.78 is 23.9. The standard InChI is InChI=1S/C12H17FN2O6/c1-6-4-15(12(19)14-10(6)18)11-9(20-3-2-13)8(17)7(5-16)21-11/h4,7-9,11,16-17H,2-3,5H2,1H3,(H,14,18,19). The molecular formula is C12H17FN2O6. The number of nitrogens with one attached hydrogen (secondary N) is 1. The Hall–Kier alpha value is -1.55. The molecule has 8 nitrogen and oxygen atoms in total. The average molecular weight is 304 g/mol. The number of aliphatic hydroxyl groups excluding tert-OH is 2. The van der Waals surface area contributed by atoms with Crippen molar-refractivity contribution in [1.29, 1.82) is 0 Å². The Balaban J connectivity index is 2.37. The molecule has 1 aliphatic heterocycles. The molecule has 0 spiro atoms. The van der Waals surface area contributed by atoms with E-state index in [0.717, 1.165) is 4.57 Å². The molecule has 118 valence electrons. The first-order chi connectivity index (χ1) is 9.99. The Morgan fingerprint density at radius 1 is 1.52 bits per heavy atom. The van der Waals surface area contributed by atoms with E-state index in [9.17, 15) is 19.1 Å². The van der Waals surface area contributed by atoms with Gasteiger partial charge in [-0.1, -0.05) is 0 Å². The quantitative estimate of drug-likeness (QED) is 0.607. The average Bonchev–Trinajstić information content (AvgIpc) is 2.77. The molecule has 0 amide bonds. The predicted octanol–water partition coefficient (Wildman–Crippen LogP) is -1.55. The van der Waals surface area contributed by atoms with Crippen molar-refractivity contribution in [1.82, 2.24) is 9.55 Å². The number of ether oxygens (including phenoxy) is 2. The highest BCUT2D eigenvalue weighted by molar-refractivity contribution is 5.03. The van der Waals surface area contributed by atoms with Crippen LogP contribution >= 0.6 is 0 Å². The van der Waals surface area contributed by atoms with E-state index in [1.165, 1.54) is 13.1 Å². The van der Waals surface area contributed by atoms with Gasteiger partial charge in [-0.15, -0.1) is 0 Å². The van der Waals surface area contributed by atoms with Gasteiger partial charge in [-0.25, -0.2) is 9.18 Å². The van der Waals surface area contributed by atoms with Crippen LogP contribution in [-0.2, 0) is 9.47 Å². The minimum atomic E-state index is -1.22. The van der Waals surface area contributed by atoms with Gasteiger partial charge in [-0.05, 0) is 6.92 Å². The van der Waals surface area contributed by atoms with E-state index >= 15 is 0 Å². The van der Waals surface area contributed by atoms with Gasteiger partial charge in [0.1, 0.15) is 25.0 Å². The molecule has 2 heterocycles. The first kappa shape index (κ1) is 15.8. The Morgan fingerprint density at radius 3 is 2.86 bits per heavy atom. The molecule has 1 aliphatic rings. The summed E-state index contributed by atoms with van der Waals surface area (Å²) in [7, 11) is 0. The number of aromatic nitrogens is 2. The summed E-state index contributed by atoms with van der Waals surface area (Å²) in [5.41, 5.74) is -1.01. The fourth-order valence-electron chi connectivity index (χ4n) is 2.23. The normalized spacial score (nSPS) is 29.0. The van der Waals surface area contributed by atoms with Crippen LogP contribution in [0.3, 0.4) is 0 Å². The maximum absolute atomic E-state index is 12.3. The zero-order valence-corrected chi connectivity index (χ0v) is 11.4. The monoisotopic (exact) mass is 304 g/mol. The van der Waals surface area contributed by atoms with Gasteiger partial charge in [0.2, 0.25) is 0 Å². The highest BCUT2D eigenvalue weighted by Gasteiger charge is 2.45. The second-order valence-electron chi connectivity index (χ2n) is 4.74. The Labute approximate surface area is 118 Å². The summed E-state index contributed by atoms with van der Waals surface area (Å²) in [5, 5.41) is 19.2. The van der Waals surface area contributed by atoms with Gasteiger partial charge in [-0.3, -0.25) is 14.3 Å². The Morgan fingerprint density at radius 2 is 2.24 bits per heavy atom. The van der Waals surface area contributed by atoms with E-state index in [2.05, 4.69) is 4.98 Å². The van der Waals surface area contributed by atoms with Crippen LogP contribution in [0.2, 0.25) is 0 Å². The molecule has 0 aromatic carbocycles. The summed E-state index contributed by atoms with van der Waals surface area (Å²) in [6.45, 7) is -0.0263. The molecule has 1 fully saturated rings. The fourth-order valence-corrected chi connectivity index (χ4v) is 2.23. The number of aromatic amines is 1. The maximum Gasteiger partial charge on any atom is 0.330 e. The number of aryl methyl sites for hydroxylation is 1. The molecule has 3 N–H and O–H groups in total. The zero-order valence-electron chi connectivity index (χ0n) is 11.4. The van der Waals surface area contributed by atoms with Gasteiger partial charge in [0.25, 0.3) is 5.56 Å². The van der Waals surface area contributed by atoms with Crippen LogP contribution < -0.4 is 11.2 Å². The van der Waals surface area contributed by atoms with E-state index in [-0.39, 0.29) is 12.2 Å². The van der Waals surface area contributed by atoms with Crippen LogP contribution in [0.4, 0.5) is 4.39 Å². The van der Waals surface area contributed by atoms with E-state index in [4.69, 9.17) is 14.6 Å². The lowest BCUT2D eigenvalue weighted by atomic mass is 10.1. The van der Waals surface area contributed by atoms with Crippen LogP contribution in [-0.4, -0.2) is 58.0 Å². The molecule has 4 atom stereocenters. The number of nitrogens with zero attached hydrogens (tertiary/aromatic N) is 1. The minimum Gasteiger partial charge on any atom is -0.394 e. The minimum absolute atomic E-state index is 0.268. The van der Waals surface area contributed by atoms with Crippen LogP contribution in [0.15, 0.2) is 15.8 Å². The van der Waals surface area contributed by atoms with Gasteiger partial charge in [0.05, 0.1) is 13.2 Å². The van der Waals surface area contributed by atoms with Crippen LogP contribution in [0.5, 0.6) is 0 Å². The van der Waals surface area contributed by atoms with Crippen molar-refractivity contribution in [3.05, 3.63) is 32.6 Å². The van der Waals surface area contributed by atoms with E-state index in [1.54, 1.807) is 0 Å². The summed E-state index contributed by atoms with van der Waals surface area (Å²) in [5.74, 6) is 0. The fraction of sp³-hybridized carbons (Fsp3) is 0.667. The topological polar surface area (TPSA) is 114 Å². The number of H-pyrrole nitrogens is 1. The van der Waals surface area contributed by atoms with Crippen LogP contribution in [0.25, 0.3) is 0 Å². The number of halogens is 1. The molecule has 1 aromatic heterocycles. The van der Waals surface area contributed by atoms with Crippen LogP contribution in [0.1, 0.15) is 11.8 Å². The lowest BCUT2D eigenvalue weighted by molar-refractivity contribution is -0.0762. The number of alkyl halides is 1. The van der Waals surface area contributed by atoms with Crippen molar-refractivity contribution >= 4 is 0 Å². The number of hydrogen-bond donors (Lipinski definition) is 3. The summed E-state index contributed by atoms with van der Waals surface area (Å²) >= 11 is 0. The number of hydrogen-bond acceptors (Lipinski definition) is 6. The van der Waals surface area contributed by atoms with Crippen molar-refractivity contribution < 1.29 is 24.1 Å². The van der Waals surface area contributed by atoms with Crippen LogP contribution in [0, 0.1) is 6.92 Å². The first-order valence-electron chi connectivity index (χ1n) is 6.43. The van der Waals surface area contributed by atoms with Crippen molar-refractivity contribution in [2.45, 2.75) is 31.5 Å². The predicted molar refractivity (Wildman–Crippen MR) is 68.8 cm³/mol. The zero-order chi connectivity index (χ0) is 15.6. The molecule has 9 heteroatoms. The third kappa shape index (κ3) is 3.05. The summed E-state index contributed by atoms with van der Waals surface area (Å²) in [4.78, 5) is 25.3. The number of rotatable bonds is 5. The summed E-state index contributed by atoms with van der Waals surface area (Å²) in [6, 6.07) is 0. The van der Waals surface area contributed by atoms with E-state index < -0.39 is 49.1 Å². The molecule has 4 unspecified atom stereocenters.